The molecule has 2 N–H and O–H groups in total. The number of halogens is 1. The van der Waals surface area contributed by atoms with Gasteiger partial charge in [-0.2, -0.15) is 0 Å². The standard InChI is InChI=1S/C24H16ClNO2/c25-17-7-4-14(5-8-17)23-13-20(15-2-1-3-18(27)10-15)22-11-16-6-9-19(28)12-21(16)24(22)26-23/h1-10,12-13,27-28H,11H2. The van der Waals surface area contributed by atoms with Crippen LogP contribution in [0.5, 0.6) is 11.5 Å². The lowest BCUT2D eigenvalue weighted by Crippen LogP contribution is -1.94. The molecule has 0 fully saturated rings. The summed E-state index contributed by atoms with van der Waals surface area (Å²) in [4.78, 5) is 4.93. The van der Waals surface area contributed by atoms with Gasteiger partial charge in [0, 0.05) is 22.6 Å². The van der Waals surface area contributed by atoms with Crippen LogP contribution in [-0.4, -0.2) is 15.2 Å². The van der Waals surface area contributed by atoms with Gasteiger partial charge in [0.25, 0.3) is 0 Å². The van der Waals surface area contributed by atoms with Crippen molar-refractivity contribution in [1.29, 1.82) is 0 Å². The van der Waals surface area contributed by atoms with Crippen molar-refractivity contribution in [3.63, 3.8) is 0 Å². The van der Waals surface area contributed by atoms with E-state index in [1.165, 1.54) is 0 Å². The van der Waals surface area contributed by atoms with E-state index in [2.05, 4.69) is 6.07 Å². The second kappa shape index (κ2) is 6.39. The van der Waals surface area contributed by atoms with Gasteiger partial charge in [0.15, 0.2) is 0 Å². The molecule has 0 spiro atoms. The van der Waals surface area contributed by atoms with Crippen molar-refractivity contribution in [3.8, 4) is 45.1 Å². The van der Waals surface area contributed by atoms with Gasteiger partial charge in [-0.25, -0.2) is 4.98 Å². The SMILES string of the molecule is Oc1cccc(-c2cc(-c3ccc(Cl)cc3)nc3c2Cc2ccc(O)cc2-3)c1. The lowest BCUT2D eigenvalue weighted by Gasteiger charge is -2.13. The van der Waals surface area contributed by atoms with Crippen LogP contribution in [0, 0.1) is 0 Å². The topological polar surface area (TPSA) is 53.4 Å². The lowest BCUT2D eigenvalue weighted by molar-refractivity contribution is 0.475. The fraction of sp³-hybridized carbons (Fsp3) is 0.0417. The molecule has 4 aromatic rings. The average molecular weight is 386 g/mol. The first kappa shape index (κ1) is 16.8. The Bertz CT molecular complexity index is 1220. The molecule has 1 aliphatic rings. The molecule has 0 radical (unpaired) electrons. The number of hydrogen-bond donors (Lipinski definition) is 2. The van der Waals surface area contributed by atoms with Gasteiger partial charge in [0.05, 0.1) is 11.4 Å². The zero-order chi connectivity index (χ0) is 19.3. The summed E-state index contributed by atoms with van der Waals surface area (Å²) in [6.45, 7) is 0. The van der Waals surface area contributed by atoms with E-state index in [1.807, 2.05) is 42.5 Å². The number of phenolic OH excluding ortho intramolecular Hbond substituents is 2. The highest BCUT2D eigenvalue weighted by Gasteiger charge is 2.25. The van der Waals surface area contributed by atoms with Crippen LogP contribution >= 0.6 is 11.6 Å². The Morgan fingerprint density at radius 1 is 0.750 bits per heavy atom. The summed E-state index contributed by atoms with van der Waals surface area (Å²) in [7, 11) is 0. The Balaban J connectivity index is 1.78. The first-order valence-electron chi connectivity index (χ1n) is 9.00. The smallest absolute Gasteiger partial charge is 0.116 e. The van der Waals surface area contributed by atoms with Gasteiger partial charge in [-0.3, -0.25) is 0 Å². The van der Waals surface area contributed by atoms with E-state index in [1.54, 1.807) is 24.3 Å². The number of fused-ring (bicyclic) bond motifs is 3. The number of benzene rings is 3. The molecule has 3 nitrogen and oxygen atoms in total. The Kier molecular flexibility index (Phi) is 3.85. The van der Waals surface area contributed by atoms with Crippen molar-refractivity contribution in [3.05, 3.63) is 88.9 Å². The maximum Gasteiger partial charge on any atom is 0.116 e. The number of phenols is 2. The van der Waals surface area contributed by atoms with Crippen LogP contribution in [0.15, 0.2) is 72.8 Å². The third-order valence-electron chi connectivity index (χ3n) is 5.14. The zero-order valence-electron chi connectivity index (χ0n) is 14.9. The molecular weight excluding hydrogens is 370 g/mol. The Morgan fingerprint density at radius 2 is 1.54 bits per heavy atom. The molecular formula is C24H16ClNO2. The van der Waals surface area contributed by atoms with E-state index >= 15 is 0 Å². The molecule has 0 bridgehead atoms. The van der Waals surface area contributed by atoms with Gasteiger partial charge in [-0.1, -0.05) is 41.9 Å². The predicted molar refractivity (Wildman–Crippen MR) is 112 cm³/mol. The lowest BCUT2D eigenvalue weighted by atomic mass is 9.96. The molecule has 3 aromatic carbocycles. The van der Waals surface area contributed by atoms with Crippen LogP contribution in [0.2, 0.25) is 5.02 Å². The van der Waals surface area contributed by atoms with Crippen LogP contribution in [0.3, 0.4) is 0 Å². The molecule has 0 atom stereocenters. The maximum absolute atomic E-state index is 9.99. The number of nitrogens with zero attached hydrogens (tertiary/aromatic N) is 1. The second-order valence-electron chi connectivity index (χ2n) is 6.96. The number of pyridine rings is 1. The van der Waals surface area contributed by atoms with E-state index in [4.69, 9.17) is 16.6 Å². The van der Waals surface area contributed by atoms with Crippen molar-refractivity contribution in [2.45, 2.75) is 6.42 Å². The van der Waals surface area contributed by atoms with Crippen molar-refractivity contribution in [1.82, 2.24) is 4.98 Å². The van der Waals surface area contributed by atoms with Gasteiger partial charge in [0.1, 0.15) is 11.5 Å². The van der Waals surface area contributed by atoms with E-state index in [0.717, 1.165) is 51.2 Å². The maximum atomic E-state index is 9.99. The molecule has 4 heteroatoms. The molecule has 0 unspecified atom stereocenters. The summed E-state index contributed by atoms with van der Waals surface area (Å²) in [6, 6.07) is 22.3. The monoisotopic (exact) mass is 385 g/mol. The average Bonchev–Trinajstić information content (AvgIpc) is 3.06. The summed E-state index contributed by atoms with van der Waals surface area (Å²) in [5.74, 6) is 0.452. The first-order valence-corrected chi connectivity index (χ1v) is 9.38. The van der Waals surface area contributed by atoms with Crippen molar-refractivity contribution >= 4 is 11.6 Å². The minimum Gasteiger partial charge on any atom is -0.508 e. The minimum absolute atomic E-state index is 0.226. The van der Waals surface area contributed by atoms with Crippen LogP contribution in [-0.2, 0) is 6.42 Å². The van der Waals surface area contributed by atoms with Crippen LogP contribution < -0.4 is 0 Å². The van der Waals surface area contributed by atoms with E-state index < -0.39 is 0 Å². The van der Waals surface area contributed by atoms with Crippen molar-refractivity contribution in [2.75, 3.05) is 0 Å². The van der Waals surface area contributed by atoms with E-state index in [-0.39, 0.29) is 11.5 Å². The Labute approximate surface area is 167 Å². The highest BCUT2D eigenvalue weighted by molar-refractivity contribution is 6.30. The third kappa shape index (κ3) is 2.81. The van der Waals surface area contributed by atoms with Crippen LogP contribution in [0.1, 0.15) is 11.1 Å². The molecule has 1 heterocycles. The second-order valence-corrected chi connectivity index (χ2v) is 7.39. The minimum atomic E-state index is 0.226. The van der Waals surface area contributed by atoms with Gasteiger partial charge >= 0.3 is 0 Å². The fourth-order valence-corrected chi connectivity index (χ4v) is 3.93. The molecule has 0 amide bonds. The first-order chi connectivity index (χ1) is 13.6. The molecule has 5 rings (SSSR count). The van der Waals surface area contributed by atoms with Gasteiger partial charge in [-0.15, -0.1) is 0 Å². The zero-order valence-corrected chi connectivity index (χ0v) is 15.6. The van der Waals surface area contributed by atoms with Crippen molar-refractivity contribution < 1.29 is 10.2 Å². The molecule has 0 aliphatic heterocycles. The molecule has 136 valence electrons. The molecule has 28 heavy (non-hydrogen) atoms. The third-order valence-corrected chi connectivity index (χ3v) is 5.39. The van der Waals surface area contributed by atoms with Gasteiger partial charge in [0.2, 0.25) is 0 Å². The van der Waals surface area contributed by atoms with E-state index in [0.29, 0.717) is 5.02 Å². The van der Waals surface area contributed by atoms with Gasteiger partial charge < -0.3 is 10.2 Å². The number of aromatic hydroxyl groups is 2. The van der Waals surface area contributed by atoms with Crippen molar-refractivity contribution in [2.24, 2.45) is 0 Å². The summed E-state index contributed by atoms with van der Waals surface area (Å²) in [5.41, 5.74) is 7.81. The summed E-state index contributed by atoms with van der Waals surface area (Å²) < 4.78 is 0. The quantitative estimate of drug-likeness (QED) is 0.389. The number of aromatic nitrogens is 1. The number of rotatable bonds is 2. The fourth-order valence-electron chi connectivity index (χ4n) is 3.80. The normalized spacial score (nSPS) is 11.9. The summed E-state index contributed by atoms with van der Waals surface area (Å²) in [5, 5.41) is 20.6. The van der Waals surface area contributed by atoms with E-state index in [9.17, 15) is 10.2 Å². The molecule has 0 saturated carbocycles. The largest absolute Gasteiger partial charge is 0.508 e. The van der Waals surface area contributed by atoms with Gasteiger partial charge in [-0.05, 0) is 64.7 Å². The summed E-state index contributed by atoms with van der Waals surface area (Å²) >= 11 is 6.05. The highest BCUT2D eigenvalue weighted by Crippen LogP contribution is 2.43. The Hall–Kier alpha value is -3.30. The molecule has 1 aromatic heterocycles. The van der Waals surface area contributed by atoms with Crippen LogP contribution in [0.4, 0.5) is 0 Å². The molecule has 0 saturated heterocycles. The summed E-state index contributed by atoms with van der Waals surface area (Å²) in [6.07, 6.45) is 0.740. The number of hydrogen-bond acceptors (Lipinski definition) is 3. The molecule has 1 aliphatic carbocycles. The van der Waals surface area contributed by atoms with Crippen LogP contribution in [0.25, 0.3) is 33.6 Å². The Morgan fingerprint density at radius 3 is 2.32 bits per heavy atom. The predicted octanol–water partition coefficient (Wildman–Crippen LogP) is 6.05. The highest BCUT2D eigenvalue weighted by atomic mass is 35.5.